The topological polar surface area (TPSA) is 52.7 Å². The predicted octanol–water partition coefficient (Wildman–Crippen LogP) is 0.892. The van der Waals surface area contributed by atoms with Crippen molar-refractivity contribution in [2.45, 2.75) is 50.6 Å². The Morgan fingerprint density at radius 1 is 1.44 bits per heavy atom. The predicted molar refractivity (Wildman–Crippen MR) is 76.7 cm³/mol. The summed E-state index contributed by atoms with van der Waals surface area (Å²) >= 11 is 0. The number of nitrogens with two attached hydrogens (primary N) is 1. The van der Waals surface area contributed by atoms with E-state index in [2.05, 4.69) is 30.8 Å². The third kappa shape index (κ3) is 4.84. The van der Waals surface area contributed by atoms with Crippen LogP contribution in [0.1, 0.15) is 39.0 Å². The lowest BCUT2D eigenvalue weighted by Gasteiger charge is -2.30. The van der Waals surface area contributed by atoms with Crippen molar-refractivity contribution in [3.63, 3.8) is 0 Å². The van der Waals surface area contributed by atoms with E-state index >= 15 is 0 Å². The smallest absolute Gasteiger partial charge is 0.0611 e. The molecular weight excluding hydrogens is 226 g/mol. The average molecular weight is 257 g/mol. The minimum atomic E-state index is -0.364. The van der Waals surface area contributed by atoms with E-state index in [0.29, 0.717) is 6.04 Å². The first kappa shape index (κ1) is 15.9. The van der Waals surface area contributed by atoms with Crippen LogP contribution >= 0.6 is 0 Å². The van der Waals surface area contributed by atoms with Gasteiger partial charge in [0.2, 0.25) is 0 Å². The number of nitrogens with zero attached hydrogens (tertiary/aromatic N) is 2. The van der Waals surface area contributed by atoms with Gasteiger partial charge in [-0.1, -0.05) is 6.92 Å². The maximum Gasteiger partial charge on any atom is 0.0611 e. The normalized spacial score (nSPS) is 24.7. The van der Waals surface area contributed by atoms with E-state index < -0.39 is 0 Å². The second-order valence-electron chi connectivity index (χ2n) is 6.07. The van der Waals surface area contributed by atoms with E-state index in [0.717, 1.165) is 32.4 Å². The number of hydrogen-bond acceptors (Lipinski definition) is 4. The van der Waals surface area contributed by atoms with Crippen LogP contribution in [0.2, 0.25) is 0 Å². The Bertz CT molecular complexity index is 229. The molecule has 0 spiro atoms. The molecule has 1 heterocycles. The number of rotatable bonds is 8. The number of likely N-dealkylation sites (N-methyl/N-ethyl adjacent to an activating group) is 1. The lowest BCUT2D eigenvalue weighted by Crippen LogP contribution is -2.44. The van der Waals surface area contributed by atoms with Crippen molar-refractivity contribution >= 4 is 0 Å². The molecular formula is C14H31N3O. The Morgan fingerprint density at radius 3 is 2.72 bits per heavy atom. The molecule has 0 saturated carbocycles. The molecule has 4 nitrogen and oxygen atoms in total. The molecule has 0 aliphatic carbocycles. The summed E-state index contributed by atoms with van der Waals surface area (Å²) < 4.78 is 0. The minimum Gasteiger partial charge on any atom is -0.394 e. The van der Waals surface area contributed by atoms with Gasteiger partial charge in [-0.15, -0.1) is 0 Å². The zero-order chi connectivity index (χ0) is 13.6. The molecule has 1 aliphatic rings. The highest BCUT2D eigenvalue weighted by Crippen LogP contribution is 2.20. The highest BCUT2D eigenvalue weighted by atomic mass is 16.3. The Balaban J connectivity index is 2.29. The molecule has 2 unspecified atom stereocenters. The number of hydrogen-bond donors (Lipinski definition) is 2. The van der Waals surface area contributed by atoms with E-state index in [1.807, 2.05) is 0 Å². The van der Waals surface area contributed by atoms with E-state index in [4.69, 9.17) is 5.73 Å². The number of aliphatic hydroxyl groups is 1. The van der Waals surface area contributed by atoms with Crippen molar-refractivity contribution in [3.05, 3.63) is 0 Å². The summed E-state index contributed by atoms with van der Waals surface area (Å²) in [6, 6.07) is 0.711. The van der Waals surface area contributed by atoms with Gasteiger partial charge in [-0.3, -0.25) is 4.90 Å². The van der Waals surface area contributed by atoms with Crippen LogP contribution in [0.3, 0.4) is 0 Å². The zero-order valence-electron chi connectivity index (χ0n) is 12.4. The van der Waals surface area contributed by atoms with Crippen LogP contribution in [0.5, 0.6) is 0 Å². The number of aliphatic hydroxyl groups excluding tert-OH is 1. The Kier molecular flexibility index (Phi) is 6.57. The summed E-state index contributed by atoms with van der Waals surface area (Å²) in [6.45, 7) is 5.66. The van der Waals surface area contributed by atoms with Gasteiger partial charge in [-0.05, 0) is 59.3 Å². The quantitative estimate of drug-likeness (QED) is 0.678. The standard InChI is InChI=1S/C14H31N3O/c1-4-14(15,12-18)8-6-10-17-9-5-7-13(17)11-16(2)3/h13,18H,4-12,15H2,1-3H3. The van der Waals surface area contributed by atoms with Gasteiger partial charge in [0.1, 0.15) is 0 Å². The van der Waals surface area contributed by atoms with Crippen LogP contribution in [0.4, 0.5) is 0 Å². The van der Waals surface area contributed by atoms with Crippen LogP contribution < -0.4 is 5.73 Å². The molecule has 0 aromatic carbocycles. The summed E-state index contributed by atoms with van der Waals surface area (Å²) in [5.41, 5.74) is 5.76. The molecule has 0 bridgehead atoms. The fourth-order valence-electron chi connectivity index (χ4n) is 2.82. The van der Waals surface area contributed by atoms with Gasteiger partial charge in [0, 0.05) is 18.1 Å². The summed E-state index contributed by atoms with van der Waals surface area (Å²) in [5.74, 6) is 0. The van der Waals surface area contributed by atoms with E-state index in [1.54, 1.807) is 0 Å². The molecule has 1 fully saturated rings. The summed E-state index contributed by atoms with van der Waals surface area (Å²) in [4.78, 5) is 4.86. The lowest BCUT2D eigenvalue weighted by atomic mass is 9.92. The van der Waals surface area contributed by atoms with Gasteiger partial charge in [0.05, 0.1) is 6.61 Å². The molecule has 18 heavy (non-hydrogen) atoms. The maximum atomic E-state index is 9.30. The van der Waals surface area contributed by atoms with Gasteiger partial charge in [0.15, 0.2) is 0 Å². The van der Waals surface area contributed by atoms with Crippen LogP contribution in [0.25, 0.3) is 0 Å². The van der Waals surface area contributed by atoms with Crippen molar-refractivity contribution in [1.82, 2.24) is 9.80 Å². The van der Waals surface area contributed by atoms with Gasteiger partial charge in [-0.2, -0.15) is 0 Å². The minimum absolute atomic E-state index is 0.102. The molecule has 1 aliphatic heterocycles. The van der Waals surface area contributed by atoms with Crippen LogP contribution in [0, 0.1) is 0 Å². The first-order valence-corrected chi connectivity index (χ1v) is 7.29. The molecule has 4 heteroatoms. The Labute approximate surface area is 112 Å². The Hall–Kier alpha value is -0.160. The van der Waals surface area contributed by atoms with Crippen molar-refractivity contribution in [1.29, 1.82) is 0 Å². The summed E-state index contributed by atoms with van der Waals surface area (Å²) in [7, 11) is 4.29. The molecule has 0 aromatic rings. The number of likely N-dealkylation sites (tertiary alicyclic amines) is 1. The van der Waals surface area contributed by atoms with E-state index in [1.165, 1.54) is 19.4 Å². The molecule has 0 aromatic heterocycles. The van der Waals surface area contributed by atoms with Crippen molar-refractivity contribution in [2.75, 3.05) is 40.3 Å². The van der Waals surface area contributed by atoms with Crippen molar-refractivity contribution < 1.29 is 5.11 Å². The highest BCUT2D eigenvalue weighted by molar-refractivity contribution is 4.84. The monoisotopic (exact) mass is 257 g/mol. The van der Waals surface area contributed by atoms with Crippen LogP contribution in [-0.4, -0.2) is 66.8 Å². The molecule has 3 N–H and O–H groups in total. The van der Waals surface area contributed by atoms with E-state index in [-0.39, 0.29) is 12.1 Å². The fraction of sp³-hybridized carbons (Fsp3) is 1.00. The van der Waals surface area contributed by atoms with Crippen LogP contribution in [-0.2, 0) is 0 Å². The summed E-state index contributed by atoms with van der Waals surface area (Å²) in [5, 5.41) is 9.30. The molecule has 1 saturated heterocycles. The molecule has 0 radical (unpaired) electrons. The van der Waals surface area contributed by atoms with E-state index in [9.17, 15) is 5.11 Å². The molecule has 108 valence electrons. The van der Waals surface area contributed by atoms with Crippen LogP contribution in [0.15, 0.2) is 0 Å². The van der Waals surface area contributed by atoms with Gasteiger partial charge < -0.3 is 15.7 Å². The Morgan fingerprint density at radius 2 is 2.17 bits per heavy atom. The van der Waals surface area contributed by atoms with Gasteiger partial charge >= 0.3 is 0 Å². The van der Waals surface area contributed by atoms with Crippen molar-refractivity contribution in [3.8, 4) is 0 Å². The second kappa shape index (κ2) is 7.43. The first-order chi connectivity index (χ1) is 8.50. The highest BCUT2D eigenvalue weighted by Gasteiger charge is 2.26. The third-order valence-corrected chi connectivity index (χ3v) is 4.21. The zero-order valence-corrected chi connectivity index (χ0v) is 12.4. The van der Waals surface area contributed by atoms with Gasteiger partial charge in [0.25, 0.3) is 0 Å². The summed E-state index contributed by atoms with van der Waals surface area (Å²) in [6.07, 6.45) is 5.50. The third-order valence-electron chi connectivity index (χ3n) is 4.21. The molecule has 2 atom stereocenters. The lowest BCUT2D eigenvalue weighted by molar-refractivity contribution is 0.163. The first-order valence-electron chi connectivity index (χ1n) is 7.29. The molecule has 0 amide bonds. The van der Waals surface area contributed by atoms with Crippen molar-refractivity contribution in [2.24, 2.45) is 5.73 Å². The second-order valence-corrected chi connectivity index (χ2v) is 6.07. The maximum absolute atomic E-state index is 9.30. The van der Waals surface area contributed by atoms with Gasteiger partial charge in [-0.25, -0.2) is 0 Å². The SMILES string of the molecule is CCC(N)(CO)CCCN1CCCC1CN(C)C. The average Bonchev–Trinajstić information content (AvgIpc) is 2.75. The molecule has 1 rings (SSSR count). The largest absolute Gasteiger partial charge is 0.394 e. The fourth-order valence-corrected chi connectivity index (χ4v) is 2.82.